The van der Waals surface area contributed by atoms with Crippen molar-refractivity contribution in [1.82, 2.24) is 4.90 Å². The molecule has 0 radical (unpaired) electrons. The van der Waals surface area contributed by atoms with Crippen LogP contribution in [0.3, 0.4) is 0 Å². The zero-order valence-electron chi connectivity index (χ0n) is 11.4. The van der Waals surface area contributed by atoms with Gasteiger partial charge >= 0.3 is 0 Å². The molecule has 2 rings (SSSR count). The van der Waals surface area contributed by atoms with E-state index < -0.39 is 11.4 Å². The third kappa shape index (κ3) is 3.12. The molecular weight excluding hydrogens is 243 g/mol. The Balaban J connectivity index is 2.15. The maximum absolute atomic E-state index is 13.3. The highest BCUT2D eigenvalue weighted by atomic mass is 19.1. The molecule has 0 unspecified atom stereocenters. The monoisotopic (exact) mass is 262 g/mol. The van der Waals surface area contributed by atoms with E-state index in [1.54, 1.807) is 12.1 Å². The predicted octanol–water partition coefficient (Wildman–Crippen LogP) is 2.43. The maximum atomic E-state index is 13.3. The van der Waals surface area contributed by atoms with Crippen LogP contribution in [0, 0.1) is 17.1 Å². The van der Waals surface area contributed by atoms with Crippen molar-refractivity contribution < 1.29 is 9.50 Å². The lowest BCUT2D eigenvalue weighted by Gasteiger charge is -2.33. The fourth-order valence-corrected chi connectivity index (χ4v) is 2.81. The molecule has 1 fully saturated rings. The number of aliphatic hydroxyl groups is 1. The van der Waals surface area contributed by atoms with Gasteiger partial charge in [-0.05, 0) is 50.9 Å². The Morgan fingerprint density at radius 2 is 2.26 bits per heavy atom. The SMILES string of the molecule is CC(C)(O)[C@@H]1CCCN1Cc1ccc(F)c(C#N)c1. The van der Waals surface area contributed by atoms with Gasteiger partial charge < -0.3 is 5.11 Å². The number of hydrogen-bond acceptors (Lipinski definition) is 3. The third-order valence-electron chi connectivity index (χ3n) is 3.72. The molecule has 0 aromatic heterocycles. The number of nitrogens with zero attached hydrogens (tertiary/aromatic N) is 2. The number of likely N-dealkylation sites (tertiary alicyclic amines) is 1. The van der Waals surface area contributed by atoms with Crippen LogP contribution in [0.5, 0.6) is 0 Å². The molecule has 4 heteroatoms. The number of nitriles is 1. The van der Waals surface area contributed by atoms with E-state index in [1.807, 2.05) is 19.9 Å². The molecule has 1 aromatic rings. The van der Waals surface area contributed by atoms with Gasteiger partial charge in [0, 0.05) is 12.6 Å². The predicted molar refractivity (Wildman–Crippen MR) is 70.8 cm³/mol. The molecule has 1 N–H and O–H groups in total. The van der Waals surface area contributed by atoms with Crippen LogP contribution in [0.4, 0.5) is 4.39 Å². The van der Waals surface area contributed by atoms with E-state index in [4.69, 9.17) is 5.26 Å². The minimum absolute atomic E-state index is 0.0801. The van der Waals surface area contributed by atoms with E-state index in [9.17, 15) is 9.50 Å². The Hall–Kier alpha value is -1.44. The van der Waals surface area contributed by atoms with Gasteiger partial charge in [-0.15, -0.1) is 0 Å². The Bertz CT molecular complexity index is 502. The zero-order chi connectivity index (χ0) is 14.0. The molecule has 0 bridgehead atoms. The molecule has 1 aromatic carbocycles. The molecule has 1 heterocycles. The number of rotatable bonds is 3. The maximum Gasteiger partial charge on any atom is 0.140 e. The van der Waals surface area contributed by atoms with E-state index >= 15 is 0 Å². The summed E-state index contributed by atoms with van der Waals surface area (Å²) in [7, 11) is 0. The zero-order valence-corrected chi connectivity index (χ0v) is 11.4. The summed E-state index contributed by atoms with van der Waals surface area (Å²) in [5.74, 6) is -0.480. The molecule has 1 atom stereocenters. The van der Waals surface area contributed by atoms with Crippen LogP contribution in [-0.2, 0) is 6.54 Å². The van der Waals surface area contributed by atoms with Crippen LogP contribution in [-0.4, -0.2) is 28.2 Å². The van der Waals surface area contributed by atoms with Crippen LogP contribution in [0.1, 0.15) is 37.8 Å². The summed E-state index contributed by atoms with van der Waals surface area (Å²) >= 11 is 0. The molecule has 1 aliphatic rings. The van der Waals surface area contributed by atoms with E-state index in [0.29, 0.717) is 6.54 Å². The van der Waals surface area contributed by atoms with E-state index in [2.05, 4.69) is 4.90 Å². The van der Waals surface area contributed by atoms with Gasteiger partial charge in [-0.2, -0.15) is 5.26 Å². The largest absolute Gasteiger partial charge is 0.389 e. The third-order valence-corrected chi connectivity index (χ3v) is 3.72. The summed E-state index contributed by atoms with van der Waals surface area (Å²) in [6, 6.07) is 6.61. The smallest absolute Gasteiger partial charge is 0.140 e. The highest BCUT2D eigenvalue weighted by Gasteiger charge is 2.35. The topological polar surface area (TPSA) is 47.3 Å². The fraction of sp³-hybridized carbons (Fsp3) is 0.533. The summed E-state index contributed by atoms with van der Waals surface area (Å²) in [5, 5.41) is 19.0. The molecule has 102 valence electrons. The molecule has 0 saturated carbocycles. The normalized spacial score (nSPS) is 20.5. The van der Waals surface area contributed by atoms with Crippen molar-refractivity contribution in [1.29, 1.82) is 5.26 Å². The Morgan fingerprint density at radius 1 is 1.53 bits per heavy atom. The van der Waals surface area contributed by atoms with Gasteiger partial charge in [0.05, 0.1) is 11.2 Å². The Kier molecular flexibility index (Phi) is 3.88. The summed E-state index contributed by atoms with van der Waals surface area (Å²) in [5.41, 5.74) is 0.250. The average Bonchev–Trinajstić information content (AvgIpc) is 2.79. The van der Waals surface area contributed by atoms with E-state index in [1.165, 1.54) is 6.07 Å². The summed E-state index contributed by atoms with van der Waals surface area (Å²) in [6.07, 6.45) is 2.02. The minimum Gasteiger partial charge on any atom is -0.389 e. The van der Waals surface area contributed by atoms with Gasteiger partial charge in [0.15, 0.2) is 0 Å². The average molecular weight is 262 g/mol. The number of halogens is 1. The lowest BCUT2D eigenvalue weighted by molar-refractivity contribution is -0.00502. The first-order valence-electron chi connectivity index (χ1n) is 6.57. The van der Waals surface area contributed by atoms with Crippen molar-refractivity contribution in [2.75, 3.05) is 6.54 Å². The van der Waals surface area contributed by atoms with Crippen LogP contribution in [0.2, 0.25) is 0 Å². The first kappa shape index (κ1) is 14.0. The van der Waals surface area contributed by atoms with Gasteiger partial charge in [0.25, 0.3) is 0 Å². The van der Waals surface area contributed by atoms with E-state index in [0.717, 1.165) is 24.9 Å². The molecule has 3 nitrogen and oxygen atoms in total. The molecule has 0 spiro atoms. The van der Waals surface area contributed by atoms with Gasteiger partial charge in [-0.3, -0.25) is 4.90 Å². The molecule has 1 saturated heterocycles. The first-order chi connectivity index (χ1) is 8.91. The van der Waals surface area contributed by atoms with Crippen molar-refractivity contribution in [2.24, 2.45) is 0 Å². The highest BCUT2D eigenvalue weighted by molar-refractivity contribution is 5.34. The van der Waals surface area contributed by atoms with Crippen molar-refractivity contribution in [3.05, 3.63) is 35.1 Å². The molecule has 0 amide bonds. The van der Waals surface area contributed by atoms with Gasteiger partial charge in [-0.25, -0.2) is 4.39 Å². The fourth-order valence-electron chi connectivity index (χ4n) is 2.81. The van der Waals surface area contributed by atoms with Gasteiger partial charge in [0.1, 0.15) is 11.9 Å². The van der Waals surface area contributed by atoms with Crippen LogP contribution >= 0.6 is 0 Å². The van der Waals surface area contributed by atoms with Crippen molar-refractivity contribution >= 4 is 0 Å². The second-order valence-corrected chi connectivity index (χ2v) is 5.71. The molecule has 1 aliphatic heterocycles. The van der Waals surface area contributed by atoms with E-state index in [-0.39, 0.29) is 11.6 Å². The summed E-state index contributed by atoms with van der Waals surface area (Å²) in [4.78, 5) is 2.20. The quantitative estimate of drug-likeness (QED) is 0.910. The second kappa shape index (κ2) is 5.28. The van der Waals surface area contributed by atoms with Gasteiger partial charge in [-0.1, -0.05) is 6.07 Å². The van der Waals surface area contributed by atoms with Crippen molar-refractivity contribution in [3.63, 3.8) is 0 Å². The number of benzene rings is 1. The number of hydrogen-bond donors (Lipinski definition) is 1. The summed E-state index contributed by atoms with van der Waals surface area (Å²) in [6.45, 7) is 5.21. The molecular formula is C15H19FN2O. The van der Waals surface area contributed by atoms with Crippen LogP contribution in [0.15, 0.2) is 18.2 Å². The lowest BCUT2D eigenvalue weighted by Crippen LogP contribution is -2.45. The first-order valence-corrected chi connectivity index (χ1v) is 6.57. The van der Waals surface area contributed by atoms with Crippen LogP contribution in [0.25, 0.3) is 0 Å². The standard InChI is InChI=1S/C15H19FN2O/c1-15(2,19)14-4-3-7-18(14)10-11-5-6-13(16)12(8-11)9-17/h5-6,8,14,19H,3-4,7,10H2,1-2H3/t14-/m0/s1. The second-order valence-electron chi connectivity index (χ2n) is 5.71. The van der Waals surface area contributed by atoms with Crippen molar-refractivity contribution in [2.45, 2.75) is 44.9 Å². The van der Waals surface area contributed by atoms with Gasteiger partial charge in [0.2, 0.25) is 0 Å². The minimum atomic E-state index is -0.741. The lowest BCUT2D eigenvalue weighted by atomic mass is 9.96. The summed E-state index contributed by atoms with van der Waals surface area (Å²) < 4.78 is 13.3. The Labute approximate surface area is 113 Å². The van der Waals surface area contributed by atoms with Crippen LogP contribution < -0.4 is 0 Å². The highest BCUT2D eigenvalue weighted by Crippen LogP contribution is 2.28. The van der Waals surface area contributed by atoms with Crippen molar-refractivity contribution in [3.8, 4) is 6.07 Å². The molecule has 19 heavy (non-hydrogen) atoms. The molecule has 0 aliphatic carbocycles. The Morgan fingerprint density at radius 3 is 2.89 bits per heavy atom.